The number of hydrogen-bond donors (Lipinski definition) is 2. The van der Waals surface area contributed by atoms with Gasteiger partial charge in [-0.1, -0.05) is 0 Å². The summed E-state index contributed by atoms with van der Waals surface area (Å²) >= 11 is 0. The van der Waals surface area contributed by atoms with E-state index in [0.717, 1.165) is 13.0 Å². The molecule has 0 aliphatic rings. The van der Waals surface area contributed by atoms with Crippen LogP contribution in [-0.2, 0) is 0 Å². The predicted molar refractivity (Wildman–Crippen MR) is 77.7 cm³/mol. The van der Waals surface area contributed by atoms with Gasteiger partial charge in [0.2, 0.25) is 0 Å². The van der Waals surface area contributed by atoms with Crippen molar-refractivity contribution in [1.82, 2.24) is 10.6 Å². The quantitative estimate of drug-likeness (QED) is 0.746. The zero-order valence-corrected chi connectivity index (χ0v) is 12.3. The summed E-state index contributed by atoms with van der Waals surface area (Å²) in [6, 6.07) is 5.16. The first kappa shape index (κ1) is 17.5. The van der Waals surface area contributed by atoms with Crippen LogP contribution >= 0.6 is 12.4 Å². The molecular formula is C13H21ClN2O3. The lowest BCUT2D eigenvalue weighted by Crippen LogP contribution is -2.27. The van der Waals surface area contributed by atoms with Gasteiger partial charge in [-0.15, -0.1) is 12.4 Å². The van der Waals surface area contributed by atoms with Gasteiger partial charge < -0.3 is 20.1 Å². The molecule has 0 aromatic heterocycles. The predicted octanol–water partition coefficient (Wildman–Crippen LogP) is 1.46. The summed E-state index contributed by atoms with van der Waals surface area (Å²) in [7, 11) is 4.99. The van der Waals surface area contributed by atoms with Crippen molar-refractivity contribution in [1.29, 1.82) is 0 Å². The molecule has 0 aliphatic carbocycles. The Morgan fingerprint density at radius 2 is 1.95 bits per heavy atom. The number of carbonyl (C=O) groups excluding carboxylic acids is 1. The number of rotatable bonds is 7. The van der Waals surface area contributed by atoms with Gasteiger partial charge in [-0.2, -0.15) is 0 Å². The standard InChI is InChI=1S/C13H20N2O3.ClH/c1-14-7-4-8-15-13(16)11-9-10(17-2)5-6-12(11)18-3;/h5-6,9,14H,4,7-8H2,1-3H3,(H,15,16);1H. The molecule has 1 aromatic rings. The number of nitrogens with one attached hydrogen (secondary N) is 2. The van der Waals surface area contributed by atoms with Crippen molar-refractivity contribution in [3.63, 3.8) is 0 Å². The van der Waals surface area contributed by atoms with Crippen LogP contribution in [0.5, 0.6) is 11.5 Å². The van der Waals surface area contributed by atoms with Crippen molar-refractivity contribution in [2.75, 3.05) is 34.4 Å². The Balaban J connectivity index is 0.00000324. The molecule has 19 heavy (non-hydrogen) atoms. The molecule has 108 valence electrons. The summed E-state index contributed by atoms with van der Waals surface area (Å²) in [6.45, 7) is 1.50. The summed E-state index contributed by atoms with van der Waals surface area (Å²) in [5, 5.41) is 5.87. The van der Waals surface area contributed by atoms with E-state index >= 15 is 0 Å². The first-order valence-corrected chi connectivity index (χ1v) is 5.87. The van der Waals surface area contributed by atoms with Gasteiger partial charge in [-0.25, -0.2) is 0 Å². The Hall–Kier alpha value is -1.46. The summed E-state index contributed by atoms with van der Waals surface area (Å²) in [6.07, 6.45) is 0.883. The number of methoxy groups -OCH3 is 2. The minimum atomic E-state index is -0.151. The lowest BCUT2D eigenvalue weighted by molar-refractivity contribution is 0.0950. The zero-order valence-electron chi connectivity index (χ0n) is 11.5. The van der Waals surface area contributed by atoms with Crippen molar-refractivity contribution in [2.45, 2.75) is 6.42 Å². The van der Waals surface area contributed by atoms with Gasteiger partial charge >= 0.3 is 0 Å². The Morgan fingerprint density at radius 1 is 1.21 bits per heavy atom. The molecule has 0 spiro atoms. The highest BCUT2D eigenvalue weighted by Crippen LogP contribution is 2.23. The minimum absolute atomic E-state index is 0. The Kier molecular flexibility index (Phi) is 8.74. The molecule has 0 atom stereocenters. The van der Waals surface area contributed by atoms with Gasteiger partial charge in [0.05, 0.1) is 19.8 Å². The number of hydrogen-bond acceptors (Lipinski definition) is 4. The SMILES string of the molecule is CNCCCNC(=O)c1cc(OC)ccc1OC.Cl. The van der Waals surface area contributed by atoms with Crippen LogP contribution < -0.4 is 20.1 Å². The molecule has 0 radical (unpaired) electrons. The summed E-state index contributed by atoms with van der Waals surface area (Å²) in [5.74, 6) is 1.03. The van der Waals surface area contributed by atoms with Crippen LogP contribution in [-0.4, -0.2) is 40.3 Å². The lowest BCUT2D eigenvalue weighted by atomic mass is 10.1. The van der Waals surface area contributed by atoms with E-state index < -0.39 is 0 Å². The molecule has 1 aromatic carbocycles. The average molecular weight is 289 g/mol. The molecule has 5 nitrogen and oxygen atoms in total. The molecule has 6 heteroatoms. The minimum Gasteiger partial charge on any atom is -0.497 e. The molecule has 2 N–H and O–H groups in total. The molecule has 0 aliphatic heterocycles. The maximum atomic E-state index is 12.0. The number of carbonyl (C=O) groups is 1. The van der Waals surface area contributed by atoms with E-state index in [4.69, 9.17) is 9.47 Å². The van der Waals surface area contributed by atoms with Crippen LogP contribution in [0.15, 0.2) is 18.2 Å². The second-order valence-corrected chi connectivity index (χ2v) is 3.78. The first-order chi connectivity index (χ1) is 8.72. The van der Waals surface area contributed by atoms with Crippen LogP contribution in [0.4, 0.5) is 0 Å². The van der Waals surface area contributed by atoms with E-state index in [0.29, 0.717) is 23.6 Å². The second kappa shape index (κ2) is 9.47. The van der Waals surface area contributed by atoms with Crippen LogP contribution in [0, 0.1) is 0 Å². The summed E-state index contributed by atoms with van der Waals surface area (Å²) < 4.78 is 10.3. The van der Waals surface area contributed by atoms with Crippen LogP contribution in [0.1, 0.15) is 16.8 Å². The second-order valence-electron chi connectivity index (χ2n) is 3.78. The lowest BCUT2D eigenvalue weighted by Gasteiger charge is -2.10. The molecule has 0 fully saturated rings. The average Bonchev–Trinajstić information content (AvgIpc) is 2.42. The van der Waals surface area contributed by atoms with Crippen molar-refractivity contribution < 1.29 is 14.3 Å². The maximum Gasteiger partial charge on any atom is 0.255 e. The normalized spacial score (nSPS) is 9.42. The van der Waals surface area contributed by atoms with Crippen molar-refractivity contribution in [3.8, 4) is 11.5 Å². The van der Waals surface area contributed by atoms with Crippen molar-refractivity contribution in [3.05, 3.63) is 23.8 Å². The highest BCUT2D eigenvalue weighted by atomic mass is 35.5. The van der Waals surface area contributed by atoms with E-state index in [1.54, 1.807) is 32.4 Å². The van der Waals surface area contributed by atoms with E-state index in [1.807, 2.05) is 7.05 Å². The smallest absolute Gasteiger partial charge is 0.255 e. The number of ether oxygens (including phenoxy) is 2. The molecule has 1 amide bonds. The number of amides is 1. The maximum absolute atomic E-state index is 12.0. The molecule has 0 unspecified atom stereocenters. The van der Waals surface area contributed by atoms with Gasteiger partial charge in [-0.3, -0.25) is 4.79 Å². The Morgan fingerprint density at radius 3 is 2.53 bits per heavy atom. The zero-order chi connectivity index (χ0) is 13.4. The van der Waals surface area contributed by atoms with E-state index in [1.165, 1.54) is 0 Å². The largest absolute Gasteiger partial charge is 0.497 e. The number of benzene rings is 1. The Bertz CT molecular complexity index is 399. The highest BCUT2D eigenvalue weighted by Gasteiger charge is 2.12. The summed E-state index contributed by atoms with van der Waals surface area (Å²) in [5.41, 5.74) is 0.487. The third kappa shape index (κ3) is 5.36. The fourth-order valence-corrected chi connectivity index (χ4v) is 1.55. The molecule has 0 bridgehead atoms. The molecular weight excluding hydrogens is 268 g/mol. The van der Waals surface area contributed by atoms with Crippen molar-refractivity contribution in [2.24, 2.45) is 0 Å². The van der Waals surface area contributed by atoms with Gasteiger partial charge in [-0.05, 0) is 38.2 Å². The van der Waals surface area contributed by atoms with E-state index in [-0.39, 0.29) is 18.3 Å². The van der Waals surface area contributed by atoms with Crippen LogP contribution in [0.3, 0.4) is 0 Å². The molecule has 1 rings (SSSR count). The van der Waals surface area contributed by atoms with Gasteiger partial charge in [0, 0.05) is 6.54 Å². The first-order valence-electron chi connectivity index (χ1n) is 5.87. The monoisotopic (exact) mass is 288 g/mol. The van der Waals surface area contributed by atoms with Gasteiger partial charge in [0.15, 0.2) is 0 Å². The number of halogens is 1. The molecule has 0 heterocycles. The third-order valence-corrected chi connectivity index (χ3v) is 2.54. The van der Waals surface area contributed by atoms with Crippen LogP contribution in [0.25, 0.3) is 0 Å². The highest BCUT2D eigenvalue weighted by molar-refractivity contribution is 5.97. The van der Waals surface area contributed by atoms with E-state index in [2.05, 4.69) is 10.6 Å². The topological polar surface area (TPSA) is 59.6 Å². The summed E-state index contributed by atoms with van der Waals surface area (Å²) in [4.78, 5) is 12.0. The third-order valence-electron chi connectivity index (χ3n) is 2.54. The van der Waals surface area contributed by atoms with Gasteiger partial charge in [0.25, 0.3) is 5.91 Å². The van der Waals surface area contributed by atoms with Gasteiger partial charge in [0.1, 0.15) is 11.5 Å². The molecule has 0 saturated heterocycles. The van der Waals surface area contributed by atoms with Crippen LogP contribution in [0.2, 0.25) is 0 Å². The fraction of sp³-hybridized carbons (Fsp3) is 0.462. The fourth-order valence-electron chi connectivity index (χ4n) is 1.55. The Labute approximate surface area is 120 Å². The van der Waals surface area contributed by atoms with Crippen molar-refractivity contribution >= 4 is 18.3 Å². The molecule has 0 saturated carbocycles. The van der Waals surface area contributed by atoms with E-state index in [9.17, 15) is 4.79 Å².